The number of pyridine rings is 1. The zero-order valence-corrected chi connectivity index (χ0v) is 20.6. The van der Waals surface area contributed by atoms with Gasteiger partial charge in [-0.15, -0.1) is 34.2 Å². The van der Waals surface area contributed by atoms with Crippen LogP contribution in [0.3, 0.4) is 0 Å². The van der Waals surface area contributed by atoms with Gasteiger partial charge in [0.05, 0.1) is 0 Å². The lowest BCUT2D eigenvalue weighted by Gasteiger charge is -2.38. The Kier molecular flexibility index (Phi) is 8.50. The van der Waals surface area contributed by atoms with E-state index in [0.29, 0.717) is 6.54 Å². The lowest BCUT2D eigenvalue weighted by atomic mass is 9.74. The first-order valence-electron chi connectivity index (χ1n) is 10.4. The molecule has 1 aliphatic heterocycles. The van der Waals surface area contributed by atoms with Crippen LogP contribution in [0.15, 0.2) is 53.7 Å². The highest BCUT2D eigenvalue weighted by atomic mass is 127. The molecule has 3 aromatic rings. The van der Waals surface area contributed by atoms with Crippen LogP contribution in [0.5, 0.6) is 0 Å². The average molecular weight is 555 g/mol. The Hall–Kier alpha value is -1.91. The van der Waals surface area contributed by atoms with E-state index in [1.54, 1.807) is 0 Å². The van der Waals surface area contributed by atoms with Gasteiger partial charge in [-0.3, -0.25) is 4.40 Å². The number of fused-ring (bicyclic) bond motifs is 1. The lowest BCUT2D eigenvalue weighted by Crippen LogP contribution is -2.48. The Labute approximate surface area is 204 Å². The summed E-state index contributed by atoms with van der Waals surface area (Å²) in [4.78, 5) is 4.74. The molecule has 0 unspecified atom stereocenters. The highest BCUT2D eigenvalue weighted by molar-refractivity contribution is 14.0. The van der Waals surface area contributed by atoms with Crippen LogP contribution in [0.4, 0.5) is 0 Å². The van der Waals surface area contributed by atoms with Crippen molar-refractivity contribution in [2.45, 2.75) is 31.7 Å². The summed E-state index contributed by atoms with van der Waals surface area (Å²) >= 11 is 6.58. The summed E-state index contributed by atoms with van der Waals surface area (Å²) in [5.74, 6) is 1.55. The number of hydrogen-bond acceptors (Lipinski definition) is 4. The van der Waals surface area contributed by atoms with Gasteiger partial charge in [0.1, 0.15) is 6.54 Å². The van der Waals surface area contributed by atoms with Crippen molar-refractivity contribution in [3.05, 3.63) is 65.1 Å². The van der Waals surface area contributed by atoms with E-state index < -0.39 is 0 Å². The smallest absolute Gasteiger partial charge is 0.191 e. The maximum Gasteiger partial charge on any atom is 0.191 e. The molecule has 1 fully saturated rings. The molecule has 0 spiro atoms. The van der Waals surface area contributed by atoms with E-state index in [2.05, 4.69) is 33.8 Å². The van der Waals surface area contributed by atoms with E-state index >= 15 is 0 Å². The Morgan fingerprint density at radius 3 is 2.68 bits per heavy atom. The molecule has 1 saturated heterocycles. The second-order valence-corrected chi connectivity index (χ2v) is 7.87. The van der Waals surface area contributed by atoms with Crippen LogP contribution in [-0.2, 0) is 16.7 Å². The van der Waals surface area contributed by atoms with Crippen molar-refractivity contribution in [1.29, 1.82) is 0 Å². The van der Waals surface area contributed by atoms with Gasteiger partial charge in [-0.2, -0.15) is 0 Å². The first-order chi connectivity index (χ1) is 14.7. The van der Waals surface area contributed by atoms with E-state index in [1.807, 2.05) is 47.0 Å². The van der Waals surface area contributed by atoms with E-state index in [1.165, 1.54) is 5.56 Å². The van der Waals surface area contributed by atoms with Crippen LogP contribution in [0.25, 0.3) is 5.65 Å². The van der Waals surface area contributed by atoms with Crippen LogP contribution in [0.2, 0.25) is 5.02 Å². The Balaban J connectivity index is 0.00000272. The second-order valence-electron chi connectivity index (χ2n) is 7.47. The predicted molar refractivity (Wildman–Crippen MR) is 134 cm³/mol. The fraction of sp³-hybridized carbons (Fsp3) is 0.409. The van der Waals surface area contributed by atoms with Crippen LogP contribution >= 0.6 is 35.6 Å². The van der Waals surface area contributed by atoms with Crippen molar-refractivity contribution in [3.8, 4) is 0 Å². The van der Waals surface area contributed by atoms with Crippen molar-refractivity contribution in [2.24, 2.45) is 4.99 Å². The summed E-state index contributed by atoms with van der Waals surface area (Å²) in [6.07, 6.45) is 3.78. The number of halogens is 2. The van der Waals surface area contributed by atoms with Gasteiger partial charge in [-0.1, -0.05) is 35.9 Å². The molecule has 0 bridgehead atoms. The Morgan fingerprint density at radius 2 is 1.90 bits per heavy atom. The molecule has 1 aliphatic rings. The quantitative estimate of drug-likeness (QED) is 0.275. The van der Waals surface area contributed by atoms with Gasteiger partial charge in [0, 0.05) is 42.9 Å². The number of aliphatic imine (C=N–C) groups is 1. The number of guanidine groups is 1. The molecule has 0 amide bonds. The zero-order chi connectivity index (χ0) is 20.8. The average Bonchev–Trinajstić information content (AvgIpc) is 3.20. The minimum atomic E-state index is -0.0889. The minimum Gasteiger partial charge on any atom is -0.381 e. The first-order valence-corrected chi connectivity index (χ1v) is 10.7. The topological polar surface area (TPSA) is 75.8 Å². The number of nitrogens with one attached hydrogen (secondary N) is 2. The standard InChI is InChI=1S/C22H27ClN6O.HI/c1-2-24-21(25-15-20-28-27-19-9-5-6-12-29(19)20)26-16-22(10-13-30-14-11-22)17-7-3-4-8-18(17)23;/h3-9,12H,2,10-11,13-16H2,1H3,(H2,24,25,26);1H. The fourth-order valence-electron chi connectivity index (χ4n) is 3.94. The number of rotatable bonds is 6. The molecule has 9 heteroatoms. The maximum atomic E-state index is 6.58. The largest absolute Gasteiger partial charge is 0.381 e. The molecular weight excluding hydrogens is 527 g/mol. The fourth-order valence-corrected chi connectivity index (χ4v) is 4.27. The van der Waals surface area contributed by atoms with Crippen LogP contribution in [-0.4, -0.2) is 46.9 Å². The number of hydrogen-bond donors (Lipinski definition) is 2. The van der Waals surface area contributed by atoms with Crippen molar-refractivity contribution in [1.82, 2.24) is 25.2 Å². The van der Waals surface area contributed by atoms with Crippen molar-refractivity contribution in [2.75, 3.05) is 26.3 Å². The SMILES string of the molecule is CCNC(=NCc1nnc2ccccn12)NCC1(c2ccccc2Cl)CCOCC1.I. The van der Waals surface area contributed by atoms with E-state index in [-0.39, 0.29) is 29.4 Å². The number of aromatic nitrogens is 3. The number of benzene rings is 1. The lowest BCUT2D eigenvalue weighted by molar-refractivity contribution is 0.0514. The molecule has 0 radical (unpaired) electrons. The van der Waals surface area contributed by atoms with E-state index in [4.69, 9.17) is 21.3 Å². The molecule has 0 saturated carbocycles. The maximum absolute atomic E-state index is 6.58. The van der Waals surface area contributed by atoms with Gasteiger partial charge in [0.25, 0.3) is 0 Å². The van der Waals surface area contributed by atoms with Crippen LogP contribution < -0.4 is 10.6 Å². The van der Waals surface area contributed by atoms with Crippen molar-refractivity contribution >= 4 is 47.2 Å². The van der Waals surface area contributed by atoms with Crippen molar-refractivity contribution in [3.63, 3.8) is 0 Å². The monoisotopic (exact) mass is 554 g/mol. The molecule has 0 atom stereocenters. The van der Waals surface area contributed by atoms with Gasteiger partial charge in [-0.05, 0) is 43.5 Å². The predicted octanol–water partition coefficient (Wildman–Crippen LogP) is 3.80. The van der Waals surface area contributed by atoms with Crippen LogP contribution in [0, 0.1) is 0 Å². The molecule has 1 aromatic carbocycles. The van der Waals surface area contributed by atoms with Gasteiger partial charge < -0.3 is 15.4 Å². The number of nitrogens with zero attached hydrogens (tertiary/aromatic N) is 4. The summed E-state index contributed by atoms with van der Waals surface area (Å²) in [6.45, 7) is 5.45. The third-order valence-electron chi connectivity index (χ3n) is 5.60. The Bertz CT molecular complexity index is 1020. The minimum absolute atomic E-state index is 0. The molecule has 166 valence electrons. The molecule has 0 aliphatic carbocycles. The summed E-state index contributed by atoms with van der Waals surface area (Å²) in [6, 6.07) is 14.0. The highest BCUT2D eigenvalue weighted by Gasteiger charge is 2.36. The molecule has 2 aromatic heterocycles. The normalized spacial score (nSPS) is 16.0. The van der Waals surface area contributed by atoms with Gasteiger partial charge in [0.2, 0.25) is 0 Å². The highest BCUT2D eigenvalue weighted by Crippen LogP contribution is 2.38. The molecule has 7 nitrogen and oxygen atoms in total. The summed E-state index contributed by atoms with van der Waals surface area (Å²) < 4.78 is 7.60. The third kappa shape index (κ3) is 5.48. The molecular formula is C22H28ClIN6O. The van der Waals surface area contributed by atoms with E-state index in [9.17, 15) is 0 Å². The molecule has 3 heterocycles. The van der Waals surface area contributed by atoms with Gasteiger partial charge in [0.15, 0.2) is 17.4 Å². The summed E-state index contributed by atoms with van der Waals surface area (Å²) in [5, 5.41) is 16.1. The molecule has 31 heavy (non-hydrogen) atoms. The van der Waals surface area contributed by atoms with Crippen molar-refractivity contribution < 1.29 is 4.74 Å². The Morgan fingerprint density at radius 1 is 1.13 bits per heavy atom. The third-order valence-corrected chi connectivity index (χ3v) is 5.93. The van der Waals surface area contributed by atoms with E-state index in [0.717, 1.165) is 61.6 Å². The summed E-state index contributed by atoms with van der Waals surface area (Å²) in [7, 11) is 0. The van der Waals surface area contributed by atoms with Gasteiger partial charge in [-0.25, -0.2) is 4.99 Å². The first kappa shape index (κ1) is 23.7. The van der Waals surface area contributed by atoms with Crippen LogP contribution in [0.1, 0.15) is 31.2 Å². The second kappa shape index (κ2) is 11.1. The molecule has 4 rings (SSSR count). The molecule has 2 N–H and O–H groups in total. The number of ether oxygens (including phenoxy) is 1. The summed E-state index contributed by atoms with van der Waals surface area (Å²) in [5.41, 5.74) is 1.90. The van der Waals surface area contributed by atoms with Gasteiger partial charge >= 0.3 is 0 Å². The zero-order valence-electron chi connectivity index (χ0n) is 17.6.